The standard InChI is InChI=1S/C7H8N4/c1-8-6-3-5-11-7(10-6)2-4-9-11/h2-5H,1H3,(H,8,10). The van der Waals surface area contributed by atoms with Crippen molar-refractivity contribution in [2.75, 3.05) is 12.4 Å². The summed E-state index contributed by atoms with van der Waals surface area (Å²) in [6.07, 6.45) is 3.59. The molecule has 0 unspecified atom stereocenters. The molecule has 56 valence electrons. The van der Waals surface area contributed by atoms with Gasteiger partial charge in [0.05, 0.1) is 6.20 Å². The van der Waals surface area contributed by atoms with Crippen molar-refractivity contribution >= 4 is 11.5 Å². The van der Waals surface area contributed by atoms with E-state index in [1.165, 1.54) is 0 Å². The number of hydrogen-bond acceptors (Lipinski definition) is 3. The average molecular weight is 148 g/mol. The Morgan fingerprint density at radius 2 is 2.36 bits per heavy atom. The predicted octanol–water partition coefficient (Wildman–Crippen LogP) is 0.771. The Hall–Kier alpha value is -1.58. The first-order valence-electron chi connectivity index (χ1n) is 3.38. The van der Waals surface area contributed by atoms with Crippen LogP contribution in [0.3, 0.4) is 0 Å². The van der Waals surface area contributed by atoms with Crippen molar-refractivity contribution in [3.8, 4) is 0 Å². The molecule has 0 saturated heterocycles. The maximum atomic E-state index is 4.24. The van der Waals surface area contributed by atoms with Crippen molar-refractivity contribution in [2.45, 2.75) is 0 Å². The Bertz CT molecular complexity index is 365. The Morgan fingerprint density at radius 1 is 1.45 bits per heavy atom. The lowest BCUT2D eigenvalue weighted by molar-refractivity contribution is 0.940. The number of nitrogens with one attached hydrogen (secondary N) is 1. The highest BCUT2D eigenvalue weighted by Crippen LogP contribution is 2.03. The first kappa shape index (κ1) is 6.15. The predicted molar refractivity (Wildman–Crippen MR) is 42.5 cm³/mol. The molecule has 2 aromatic heterocycles. The third kappa shape index (κ3) is 0.920. The zero-order chi connectivity index (χ0) is 7.68. The van der Waals surface area contributed by atoms with Crippen molar-refractivity contribution in [1.29, 1.82) is 0 Å². The van der Waals surface area contributed by atoms with Gasteiger partial charge in [0.1, 0.15) is 5.82 Å². The van der Waals surface area contributed by atoms with Gasteiger partial charge in [-0.3, -0.25) is 0 Å². The number of anilines is 1. The normalized spacial score (nSPS) is 10.3. The van der Waals surface area contributed by atoms with E-state index in [1.807, 2.05) is 25.4 Å². The van der Waals surface area contributed by atoms with Crippen LogP contribution < -0.4 is 5.32 Å². The fourth-order valence-corrected chi connectivity index (χ4v) is 0.952. The molecule has 2 heterocycles. The molecule has 2 rings (SSSR count). The van der Waals surface area contributed by atoms with Crippen LogP contribution in [0.25, 0.3) is 5.65 Å². The van der Waals surface area contributed by atoms with Gasteiger partial charge in [-0.15, -0.1) is 0 Å². The van der Waals surface area contributed by atoms with Crippen LogP contribution in [0.5, 0.6) is 0 Å². The molecule has 0 amide bonds. The van der Waals surface area contributed by atoms with Crippen LogP contribution in [-0.4, -0.2) is 21.6 Å². The Balaban J connectivity index is 2.67. The minimum atomic E-state index is 0.858. The van der Waals surface area contributed by atoms with Crippen molar-refractivity contribution in [3.05, 3.63) is 24.5 Å². The van der Waals surface area contributed by atoms with Gasteiger partial charge in [0, 0.05) is 19.3 Å². The average Bonchev–Trinajstić information content (AvgIpc) is 2.50. The maximum absolute atomic E-state index is 4.24. The molecule has 0 spiro atoms. The molecule has 2 aromatic rings. The zero-order valence-corrected chi connectivity index (χ0v) is 6.15. The van der Waals surface area contributed by atoms with E-state index in [-0.39, 0.29) is 0 Å². The summed E-state index contributed by atoms with van der Waals surface area (Å²) in [4.78, 5) is 4.24. The smallest absolute Gasteiger partial charge is 0.157 e. The lowest BCUT2D eigenvalue weighted by atomic mass is 10.5. The SMILES string of the molecule is CNc1ccn2nccc2n1. The minimum absolute atomic E-state index is 0.858. The van der Waals surface area contributed by atoms with E-state index in [1.54, 1.807) is 10.7 Å². The molecule has 0 aliphatic heterocycles. The summed E-state index contributed by atoms with van der Waals surface area (Å²) < 4.78 is 1.72. The van der Waals surface area contributed by atoms with Crippen molar-refractivity contribution in [2.24, 2.45) is 0 Å². The van der Waals surface area contributed by atoms with Gasteiger partial charge >= 0.3 is 0 Å². The van der Waals surface area contributed by atoms with Crippen LogP contribution in [0.15, 0.2) is 24.5 Å². The van der Waals surface area contributed by atoms with Gasteiger partial charge in [-0.25, -0.2) is 9.50 Å². The summed E-state index contributed by atoms with van der Waals surface area (Å²) in [7, 11) is 1.84. The van der Waals surface area contributed by atoms with Gasteiger partial charge in [-0.05, 0) is 6.07 Å². The molecule has 0 radical (unpaired) electrons. The second-order valence-corrected chi connectivity index (χ2v) is 2.20. The highest BCUT2D eigenvalue weighted by molar-refractivity contribution is 5.44. The van der Waals surface area contributed by atoms with Crippen molar-refractivity contribution < 1.29 is 0 Å². The van der Waals surface area contributed by atoms with E-state index in [2.05, 4.69) is 15.4 Å². The topological polar surface area (TPSA) is 42.2 Å². The van der Waals surface area contributed by atoms with E-state index < -0.39 is 0 Å². The van der Waals surface area contributed by atoms with E-state index in [9.17, 15) is 0 Å². The minimum Gasteiger partial charge on any atom is -0.373 e. The van der Waals surface area contributed by atoms with Crippen molar-refractivity contribution in [1.82, 2.24) is 14.6 Å². The maximum Gasteiger partial charge on any atom is 0.157 e. The van der Waals surface area contributed by atoms with E-state index >= 15 is 0 Å². The van der Waals surface area contributed by atoms with Crippen LogP contribution in [0.1, 0.15) is 0 Å². The van der Waals surface area contributed by atoms with E-state index in [0.717, 1.165) is 11.5 Å². The monoisotopic (exact) mass is 148 g/mol. The number of fused-ring (bicyclic) bond motifs is 1. The van der Waals surface area contributed by atoms with Crippen LogP contribution >= 0.6 is 0 Å². The molecule has 0 aliphatic rings. The van der Waals surface area contributed by atoms with Crippen molar-refractivity contribution in [3.63, 3.8) is 0 Å². The zero-order valence-electron chi connectivity index (χ0n) is 6.15. The highest BCUT2D eigenvalue weighted by atomic mass is 15.2. The molecule has 0 aromatic carbocycles. The van der Waals surface area contributed by atoms with Gasteiger partial charge in [0.15, 0.2) is 5.65 Å². The summed E-state index contributed by atoms with van der Waals surface area (Å²) in [5, 5.41) is 6.98. The third-order valence-electron chi connectivity index (χ3n) is 1.51. The molecule has 0 saturated carbocycles. The van der Waals surface area contributed by atoms with E-state index in [0.29, 0.717) is 0 Å². The second kappa shape index (κ2) is 2.23. The van der Waals surface area contributed by atoms with Gasteiger partial charge in [-0.1, -0.05) is 0 Å². The largest absolute Gasteiger partial charge is 0.373 e. The molecule has 4 heteroatoms. The summed E-state index contributed by atoms with van der Waals surface area (Å²) in [6.45, 7) is 0. The molecule has 0 aliphatic carbocycles. The van der Waals surface area contributed by atoms with Gasteiger partial charge < -0.3 is 5.32 Å². The summed E-state index contributed by atoms with van der Waals surface area (Å²) in [5.74, 6) is 0.859. The molecular formula is C7H8N4. The lowest BCUT2D eigenvalue weighted by Gasteiger charge is -1.97. The van der Waals surface area contributed by atoms with Gasteiger partial charge in [0.25, 0.3) is 0 Å². The fourth-order valence-electron chi connectivity index (χ4n) is 0.952. The first-order valence-corrected chi connectivity index (χ1v) is 3.38. The van der Waals surface area contributed by atoms with Gasteiger partial charge in [0.2, 0.25) is 0 Å². The van der Waals surface area contributed by atoms with E-state index in [4.69, 9.17) is 0 Å². The first-order chi connectivity index (χ1) is 5.40. The lowest BCUT2D eigenvalue weighted by Crippen LogP contribution is -1.95. The molecule has 4 nitrogen and oxygen atoms in total. The molecule has 0 bridgehead atoms. The Morgan fingerprint density at radius 3 is 3.18 bits per heavy atom. The molecule has 1 N–H and O–H groups in total. The van der Waals surface area contributed by atoms with Crippen LogP contribution in [0, 0.1) is 0 Å². The molecule has 0 atom stereocenters. The number of aromatic nitrogens is 3. The van der Waals surface area contributed by atoms with Crippen LogP contribution in [0.2, 0.25) is 0 Å². The summed E-state index contributed by atoms with van der Waals surface area (Å²) in [6, 6.07) is 3.74. The Kier molecular flexibility index (Phi) is 1.25. The fraction of sp³-hybridized carbons (Fsp3) is 0.143. The third-order valence-corrected chi connectivity index (χ3v) is 1.51. The summed E-state index contributed by atoms with van der Waals surface area (Å²) >= 11 is 0. The second-order valence-electron chi connectivity index (χ2n) is 2.20. The Labute approximate surface area is 63.9 Å². The molecule has 0 fully saturated rings. The number of hydrogen-bond donors (Lipinski definition) is 1. The van der Waals surface area contributed by atoms with Gasteiger partial charge in [-0.2, -0.15) is 5.10 Å². The molecule has 11 heavy (non-hydrogen) atoms. The van der Waals surface area contributed by atoms with Crippen LogP contribution in [-0.2, 0) is 0 Å². The quantitative estimate of drug-likeness (QED) is 0.649. The summed E-state index contributed by atoms with van der Waals surface area (Å²) in [5.41, 5.74) is 0.858. The number of rotatable bonds is 1. The van der Waals surface area contributed by atoms with Crippen LogP contribution in [0.4, 0.5) is 5.82 Å². The molecular weight excluding hydrogens is 140 g/mol. The number of nitrogens with zero attached hydrogens (tertiary/aromatic N) is 3. The highest BCUT2D eigenvalue weighted by Gasteiger charge is 1.94.